The van der Waals surface area contributed by atoms with Crippen LogP contribution in [-0.2, 0) is 11.3 Å². The van der Waals surface area contributed by atoms with Crippen molar-refractivity contribution in [1.29, 1.82) is 0 Å². The van der Waals surface area contributed by atoms with Gasteiger partial charge in [0.15, 0.2) is 11.5 Å². The van der Waals surface area contributed by atoms with Gasteiger partial charge >= 0.3 is 5.97 Å². The van der Waals surface area contributed by atoms with Gasteiger partial charge in [0.1, 0.15) is 6.04 Å². The lowest BCUT2D eigenvalue weighted by Gasteiger charge is -2.18. The third-order valence-electron chi connectivity index (χ3n) is 3.15. The number of nitrogens with one attached hydrogen (secondary N) is 1. The summed E-state index contributed by atoms with van der Waals surface area (Å²) in [6, 6.07) is 5.10. The van der Waals surface area contributed by atoms with Crippen LogP contribution in [0, 0.1) is 5.92 Å². The van der Waals surface area contributed by atoms with Crippen molar-refractivity contribution < 1.29 is 19.4 Å². The molecule has 124 valence electrons. The van der Waals surface area contributed by atoms with E-state index >= 15 is 0 Å². The normalized spacial score (nSPS) is 12.5. The zero-order valence-corrected chi connectivity index (χ0v) is 14.1. The highest BCUT2D eigenvalue weighted by atomic mass is 16.5. The molecule has 0 aromatic heterocycles. The standard InChI is InChI=1S/C17H27NO4/c1-11(2)8-14(17(19)20)18-10-13-6-7-15(22-12(3)4)16(9-13)21-5/h6-7,9,11-12,14,18H,8,10H2,1-5H3,(H,19,20)/t14-/m1/s1. The van der Waals surface area contributed by atoms with Crippen LogP contribution >= 0.6 is 0 Å². The van der Waals surface area contributed by atoms with E-state index in [-0.39, 0.29) is 6.10 Å². The van der Waals surface area contributed by atoms with Crippen molar-refractivity contribution in [3.8, 4) is 11.5 Å². The molecule has 0 aliphatic carbocycles. The monoisotopic (exact) mass is 309 g/mol. The fraction of sp³-hybridized carbons (Fsp3) is 0.588. The van der Waals surface area contributed by atoms with Gasteiger partial charge in [-0.3, -0.25) is 4.79 Å². The Kier molecular flexibility index (Phi) is 7.18. The minimum absolute atomic E-state index is 0.0697. The van der Waals surface area contributed by atoms with E-state index in [2.05, 4.69) is 5.32 Å². The minimum atomic E-state index is -0.819. The Morgan fingerprint density at radius 2 is 1.91 bits per heavy atom. The second kappa shape index (κ2) is 8.63. The average Bonchev–Trinajstić information content (AvgIpc) is 2.43. The summed E-state index contributed by atoms with van der Waals surface area (Å²) in [7, 11) is 1.60. The Bertz CT molecular complexity index is 486. The van der Waals surface area contributed by atoms with Gasteiger partial charge in [0, 0.05) is 6.54 Å². The van der Waals surface area contributed by atoms with Crippen molar-refractivity contribution in [2.45, 2.75) is 52.8 Å². The molecule has 0 unspecified atom stereocenters. The SMILES string of the molecule is COc1cc(CN[C@H](CC(C)C)C(=O)O)ccc1OC(C)C. The topological polar surface area (TPSA) is 67.8 Å². The number of methoxy groups -OCH3 is 1. The molecule has 1 aromatic rings. The number of hydrogen-bond acceptors (Lipinski definition) is 4. The van der Waals surface area contributed by atoms with E-state index in [0.29, 0.717) is 30.4 Å². The lowest BCUT2D eigenvalue weighted by Crippen LogP contribution is -2.37. The molecule has 0 fully saturated rings. The van der Waals surface area contributed by atoms with Crippen LogP contribution in [0.25, 0.3) is 0 Å². The summed E-state index contributed by atoms with van der Waals surface area (Å²) in [6.45, 7) is 8.41. The second-order valence-corrected chi connectivity index (χ2v) is 6.05. The molecule has 0 spiro atoms. The lowest BCUT2D eigenvalue weighted by atomic mass is 10.0. The molecule has 0 radical (unpaired) electrons. The average molecular weight is 309 g/mol. The van der Waals surface area contributed by atoms with Gasteiger partial charge in [-0.1, -0.05) is 19.9 Å². The van der Waals surface area contributed by atoms with Gasteiger partial charge in [0.2, 0.25) is 0 Å². The maximum atomic E-state index is 11.2. The van der Waals surface area contributed by atoms with Gasteiger partial charge in [-0.2, -0.15) is 0 Å². The lowest BCUT2D eigenvalue weighted by molar-refractivity contribution is -0.140. The highest BCUT2D eigenvalue weighted by molar-refractivity contribution is 5.73. The van der Waals surface area contributed by atoms with Crippen molar-refractivity contribution in [3.05, 3.63) is 23.8 Å². The summed E-state index contributed by atoms with van der Waals surface area (Å²) in [5.41, 5.74) is 0.961. The van der Waals surface area contributed by atoms with Gasteiger partial charge in [-0.25, -0.2) is 0 Å². The van der Waals surface area contributed by atoms with Gasteiger partial charge in [-0.15, -0.1) is 0 Å². The van der Waals surface area contributed by atoms with Crippen LogP contribution in [0.4, 0.5) is 0 Å². The van der Waals surface area contributed by atoms with Crippen LogP contribution < -0.4 is 14.8 Å². The summed E-state index contributed by atoms with van der Waals surface area (Å²) in [6.07, 6.45) is 0.668. The summed E-state index contributed by atoms with van der Waals surface area (Å²) >= 11 is 0. The highest BCUT2D eigenvalue weighted by Gasteiger charge is 2.18. The molecule has 1 aromatic carbocycles. The molecule has 1 atom stereocenters. The smallest absolute Gasteiger partial charge is 0.320 e. The molecular formula is C17H27NO4. The molecule has 0 amide bonds. The largest absolute Gasteiger partial charge is 0.493 e. The third-order valence-corrected chi connectivity index (χ3v) is 3.15. The Hall–Kier alpha value is -1.75. The molecule has 0 bridgehead atoms. The van der Waals surface area contributed by atoms with Gasteiger partial charge in [-0.05, 0) is 43.9 Å². The Labute approximate surface area is 132 Å². The van der Waals surface area contributed by atoms with Crippen LogP contribution in [0.5, 0.6) is 11.5 Å². The third kappa shape index (κ3) is 5.93. The second-order valence-electron chi connectivity index (χ2n) is 6.05. The Morgan fingerprint density at radius 3 is 2.41 bits per heavy atom. The molecule has 1 rings (SSSR count). The number of benzene rings is 1. The van der Waals surface area contributed by atoms with E-state index in [9.17, 15) is 9.90 Å². The highest BCUT2D eigenvalue weighted by Crippen LogP contribution is 2.29. The maximum Gasteiger partial charge on any atom is 0.320 e. The first-order chi connectivity index (χ1) is 10.3. The van der Waals surface area contributed by atoms with E-state index in [1.165, 1.54) is 0 Å². The van der Waals surface area contributed by atoms with Crippen molar-refractivity contribution >= 4 is 5.97 Å². The van der Waals surface area contributed by atoms with E-state index in [4.69, 9.17) is 9.47 Å². The van der Waals surface area contributed by atoms with Crippen LogP contribution in [0.1, 0.15) is 39.7 Å². The first kappa shape index (κ1) is 18.3. The summed E-state index contributed by atoms with van der Waals surface area (Å²) in [5, 5.41) is 12.3. The van der Waals surface area contributed by atoms with Gasteiger partial charge in [0.25, 0.3) is 0 Å². The zero-order chi connectivity index (χ0) is 16.7. The fourth-order valence-electron chi connectivity index (χ4n) is 2.16. The minimum Gasteiger partial charge on any atom is -0.493 e. The molecule has 0 heterocycles. The van der Waals surface area contributed by atoms with Crippen molar-refractivity contribution in [2.75, 3.05) is 7.11 Å². The first-order valence-corrected chi connectivity index (χ1v) is 7.63. The number of aliphatic carboxylic acids is 1. The van der Waals surface area contributed by atoms with Crippen molar-refractivity contribution in [1.82, 2.24) is 5.32 Å². The molecule has 0 saturated carbocycles. The number of carbonyl (C=O) groups is 1. The van der Waals surface area contributed by atoms with E-state index < -0.39 is 12.0 Å². The van der Waals surface area contributed by atoms with Crippen LogP contribution in [-0.4, -0.2) is 30.3 Å². The van der Waals surface area contributed by atoms with Crippen LogP contribution in [0.3, 0.4) is 0 Å². The summed E-state index contributed by atoms with van der Waals surface area (Å²) < 4.78 is 11.0. The molecule has 5 heteroatoms. The maximum absolute atomic E-state index is 11.2. The van der Waals surface area contributed by atoms with Crippen LogP contribution in [0.2, 0.25) is 0 Å². The molecule has 0 aliphatic rings. The predicted octanol–water partition coefficient (Wildman–Crippen LogP) is 3.07. The Morgan fingerprint density at radius 1 is 1.23 bits per heavy atom. The summed E-state index contributed by atoms with van der Waals surface area (Å²) in [5.74, 6) is 0.854. The molecule has 2 N–H and O–H groups in total. The van der Waals surface area contributed by atoms with Crippen molar-refractivity contribution in [2.24, 2.45) is 5.92 Å². The number of carboxylic acid groups (broad SMARTS) is 1. The van der Waals surface area contributed by atoms with E-state index in [1.54, 1.807) is 7.11 Å². The number of ether oxygens (including phenoxy) is 2. The zero-order valence-electron chi connectivity index (χ0n) is 14.1. The molecule has 5 nitrogen and oxygen atoms in total. The van der Waals surface area contributed by atoms with Crippen molar-refractivity contribution in [3.63, 3.8) is 0 Å². The molecule has 22 heavy (non-hydrogen) atoms. The fourth-order valence-corrected chi connectivity index (χ4v) is 2.16. The molecular weight excluding hydrogens is 282 g/mol. The van der Waals surface area contributed by atoms with Gasteiger partial charge < -0.3 is 19.9 Å². The van der Waals surface area contributed by atoms with Gasteiger partial charge in [0.05, 0.1) is 13.2 Å². The molecule has 0 aliphatic heterocycles. The molecule has 0 saturated heterocycles. The number of rotatable bonds is 9. The Balaban J connectivity index is 2.74. The first-order valence-electron chi connectivity index (χ1n) is 7.63. The number of hydrogen-bond donors (Lipinski definition) is 2. The quantitative estimate of drug-likeness (QED) is 0.734. The van der Waals surface area contributed by atoms with Crippen LogP contribution in [0.15, 0.2) is 18.2 Å². The van der Waals surface area contributed by atoms with E-state index in [0.717, 1.165) is 5.56 Å². The van der Waals surface area contributed by atoms with E-state index in [1.807, 2.05) is 45.9 Å². The number of carboxylic acids is 1. The summed E-state index contributed by atoms with van der Waals surface area (Å²) in [4.78, 5) is 11.2. The predicted molar refractivity (Wildman–Crippen MR) is 86.5 cm³/mol.